The molecule has 1 rings (SSSR count). The van der Waals surface area contributed by atoms with Gasteiger partial charge in [0.2, 0.25) is 0 Å². The highest BCUT2D eigenvalue weighted by Gasteiger charge is 2.31. The number of allylic oxidation sites excluding steroid dienone is 1. The fourth-order valence-corrected chi connectivity index (χ4v) is 2.60. The van der Waals surface area contributed by atoms with Crippen LogP contribution in [0.2, 0.25) is 0 Å². The van der Waals surface area contributed by atoms with Crippen molar-refractivity contribution in [3.05, 3.63) is 12.2 Å². The third-order valence-corrected chi connectivity index (χ3v) is 3.74. The van der Waals surface area contributed by atoms with Crippen LogP contribution in [0.25, 0.3) is 0 Å². The number of nitrogens with one attached hydrogen (secondary N) is 1. The number of hydrogen-bond donors (Lipinski definition) is 1. The fraction of sp³-hybridized carbons (Fsp3) is 0.846. The predicted molar refractivity (Wildman–Crippen MR) is 63.4 cm³/mol. The molecule has 1 heteroatoms. The summed E-state index contributed by atoms with van der Waals surface area (Å²) in [5.41, 5.74) is 1.43. The second-order valence-corrected chi connectivity index (χ2v) is 4.67. The van der Waals surface area contributed by atoms with Crippen LogP contribution >= 0.6 is 0 Å². The minimum absolute atomic E-state index is 0.759. The van der Waals surface area contributed by atoms with Crippen molar-refractivity contribution in [2.45, 2.75) is 52.5 Å². The molecule has 1 aliphatic rings. The summed E-state index contributed by atoms with van der Waals surface area (Å²) in [6.45, 7) is 12.0. The third kappa shape index (κ3) is 2.84. The molecule has 0 spiro atoms. The summed E-state index contributed by atoms with van der Waals surface area (Å²) < 4.78 is 0. The van der Waals surface area contributed by atoms with E-state index in [0.717, 1.165) is 30.8 Å². The van der Waals surface area contributed by atoms with Crippen molar-refractivity contribution < 1.29 is 0 Å². The molecule has 1 fully saturated rings. The van der Waals surface area contributed by atoms with E-state index in [1.807, 2.05) is 0 Å². The second kappa shape index (κ2) is 5.55. The fourth-order valence-electron chi connectivity index (χ4n) is 2.60. The summed E-state index contributed by atoms with van der Waals surface area (Å²) in [6.07, 6.45) is 5.14. The Labute approximate surface area is 89.0 Å². The Morgan fingerprint density at radius 3 is 2.64 bits per heavy atom. The molecule has 0 aromatic rings. The van der Waals surface area contributed by atoms with Crippen LogP contribution < -0.4 is 5.32 Å². The van der Waals surface area contributed by atoms with Crippen LogP contribution in [-0.4, -0.2) is 12.6 Å². The highest BCUT2D eigenvalue weighted by Crippen LogP contribution is 2.36. The van der Waals surface area contributed by atoms with Gasteiger partial charge in [-0.2, -0.15) is 0 Å². The van der Waals surface area contributed by atoms with Gasteiger partial charge in [-0.1, -0.05) is 32.9 Å². The largest absolute Gasteiger partial charge is 0.314 e. The Kier molecular flexibility index (Phi) is 4.67. The molecule has 1 nitrogen and oxygen atoms in total. The van der Waals surface area contributed by atoms with E-state index in [-0.39, 0.29) is 0 Å². The smallest absolute Gasteiger partial charge is 0.00954 e. The molecule has 3 unspecified atom stereocenters. The van der Waals surface area contributed by atoms with Crippen LogP contribution in [0.1, 0.15) is 46.5 Å². The molecular formula is C13H25N. The first-order valence-electron chi connectivity index (χ1n) is 6.09. The van der Waals surface area contributed by atoms with Gasteiger partial charge in [-0.15, -0.1) is 0 Å². The van der Waals surface area contributed by atoms with Crippen LogP contribution in [0, 0.1) is 11.8 Å². The maximum absolute atomic E-state index is 4.12. The first-order valence-corrected chi connectivity index (χ1v) is 6.09. The van der Waals surface area contributed by atoms with Crippen molar-refractivity contribution in [3.63, 3.8) is 0 Å². The Morgan fingerprint density at radius 2 is 2.07 bits per heavy atom. The summed E-state index contributed by atoms with van der Waals surface area (Å²) in [6, 6.07) is 0.759. The summed E-state index contributed by atoms with van der Waals surface area (Å²) in [7, 11) is 0. The summed E-state index contributed by atoms with van der Waals surface area (Å²) >= 11 is 0. The molecule has 82 valence electrons. The lowest BCUT2D eigenvalue weighted by Gasteiger charge is -2.21. The van der Waals surface area contributed by atoms with E-state index in [4.69, 9.17) is 0 Å². The van der Waals surface area contributed by atoms with Crippen molar-refractivity contribution in [2.24, 2.45) is 11.8 Å². The van der Waals surface area contributed by atoms with E-state index in [9.17, 15) is 0 Å². The van der Waals surface area contributed by atoms with Crippen LogP contribution in [0.4, 0.5) is 0 Å². The van der Waals surface area contributed by atoms with Crippen molar-refractivity contribution in [3.8, 4) is 0 Å². The van der Waals surface area contributed by atoms with Crippen LogP contribution in [-0.2, 0) is 0 Å². The maximum Gasteiger partial charge on any atom is 0.00954 e. The van der Waals surface area contributed by atoms with Crippen LogP contribution in [0.5, 0.6) is 0 Å². The highest BCUT2D eigenvalue weighted by atomic mass is 14.9. The van der Waals surface area contributed by atoms with Gasteiger partial charge in [-0.3, -0.25) is 0 Å². The average molecular weight is 195 g/mol. The van der Waals surface area contributed by atoms with E-state index in [1.54, 1.807) is 0 Å². The molecule has 1 aliphatic carbocycles. The van der Waals surface area contributed by atoms with Gasteiger partial charge < -0.3 is 5.32 Å². The minimum atomic E-state index is 0.759. The van der Waals surface area contributed by atoms with Gasteiger partial charge in [0.1, 0.15) is 0 Å². The van der Waals surface area contributed by atoms with Gasteiger partial charge in [0, 0.05) is 6.04 Å². The zero-order valence-corrected chi connectivity index (χ0v) is 9.97. The van der Waals surface area contributed by atoms with Gasteiger partial charge in [0.05, 0.1) is 0 Å². The summed E-state index contributed by atoms with van der Waals surface area (Å²) in [5, 5.41) is 3.59. The molecule has 3 atom stereocenters. The topological polar surface area (TPSA) is 12.0 Å². The standard InChI is InChI=1S/C13H25N/c1-5-10(3)9-12-7-8-13(11(12)4)14-6-2/h11-14H,3,5-9H2,1-2,4H3. The molecule has 14 heavy (non-hydrogen) atoms. The molecule has 0 saturated heterocycles. The molecule has 1 N–H and O–H groups in total. The van der Waals surface area contributed by atoms with E-state index in [2.05, 4.69) is 32.7 Å². The molecule has 0 aromatic heterocycles. The number of hydrogen-bond acceptors (Lipinski definition) is 1. The maximum atomic E-state index is 4.12. The highest BCUT2D eigenvalue weighted by molar-refractivity contribution is 4.99. The van der Waals surface area contributed by atoms with E-state index in [1.165, 1.54) is 24.8 Å². The van der Waals surface area contributed by atoms with E-state index in [0.29, 0.717) is 0 Å². The molecule has 0 bridgehead atoms. The van der Waals surface area contributed by atoms with Crippen molar-refractivity contribution in [1.29, 1.82) is 0 Å². The SMILES string of the molecule is C=C(CC)CC1CCC(NCC)C1C. The number of rotatable bonds is 5. The van der Waals surface area contributed by atoms with Crippen molar-refractivity contribution in [1.82, 2.24) is 5.32 Å². The first-order chi connectivity index (χ1) is 6.69. The minimum Gasteiger partial charge on any atom is -0.314 e. The molecular weight excluding hydrogens is 170 g/mol. The van der Waals surface area contributed by atoms with Gasteiger partial charge in [-0.05, 0) is 44.1 Å². The molecule has 0 aromatic carbocycles. The Bertz CT molecular complexity index is 186. The quantitative estimate of drug-likeness (QED) is 0.663. The first kappa shape index (κ1) is 11.8. The van der Waals surface area contributed by atoms with E-state index < -0.39 is 0 Å². The Hall–Kier alpha value is -0.300. The summed E-state index contributed by atoms with van der Waals surface area (Å²) in [5.74, 6) is 1.71. The predicted octanol–water partition coefficient (Wildman–Crippen LogP) is 3.37. The van der Waals surface area contributed by atoms with Gasteiger partial charge >= 0.3 is 0 Å². The third-order valence-electron chi connectivity index (χ3n) is 3.74. The molecule has 0 aliphatic heterocycles. The van der Waals surface area contributed by atoms with Crippen molar-refractivity contribution >= 4 is 0 Å². The Morgan fingerprint density at radius 1 is 1.36 bits per heavy atom. The molecule has 1 saturated carbocycles. The zero-order chi connectivity index (χ0) is 10.6. The lowest BCUT2D eigenvalue weighted by atomic mass is 9.89. The normalized spacial score (nSPS) is 32.1. The monoisotopic (exact) mass is 195 g/mol. The zero-order valence-electron chi connectivity index (χ0n) is 9.97. The molecule has 0 heterocycles. The van der Waals surface area contributed by atoms with Crippen LogP contribution in [0.15, 0.2) is 12.2 Å². The van der Waals surface area contributed by atoms with Gasteiger partial charge in [0.15, 0.2) is 0 Å². The average Bonchev–Trinajstić information content (AvgIpc) is 2.50. The molecule has 0 radical (unpaired) electrons. The van der Waals surface area contributed by atoms with Crippen molar-refractivity contribution in [2.75, 3.05) is 6.54 Å². The lowest BCUT2D eigenvalue weighted by Crippen LogP contribution is -2.32. The molecule has 0 amide bonds. The summed E-state index contributed by atoms with van der Waals surface area (Å²) in [4.78, 5) is 0. The van der Waals surface area contributed by atoms with Gasteiger partial charge in [-0.25, -0.2) is 0 Å². The van der Waals surface area contributed by atoms with E-state index >= 15 is 0 Å². The lowest BCUT2D eigenvalue weighted by molar-refractivity contribution is 0.353. The Balaban J connectivity index is 2.38. The van der Waals surface area contributed by atoms with Gasteiger partial charge in [0.25, 0.3) is 0 Å². The second-order valence-electron chi connectivity index (χ2n) is 4.67. The van der Waals surface area contributed by atoms with Crippen LogP contribution in [0.3, 0.4) is 0 Å².